The fourth-order valence-corrected chi connectivity index (χ4v) is 2.01. The number of carbonyl (C=O) groups excluding carboxylic acids is 2. The fraction of sp³-hybridized carbons (Fsp3) is 0.176. The number of rotatable bonds is 5. The molecule has 2 rings (SSSR count). The molecule has 0 saturated carbocycles. The average molecular weight is 293 g/mol. The molecule has 1 atom stereocenters. The number of hydrogen-bond acceptors (Lipinski definition) is 4. The Labute approximate surface area is 128 Å². The minimum Gasteiger partial charge on any atom is -0.309 e. The first-order valence-corrected chi connectivity index (χ1v) is 6.80. The maximum Gasteiger partial charge on any atom is 0.250 e. The number of amides is 1. The number of nitrogens with one attached hydrogen (secondary N) is 1. The Bertz CT molecular complexity index is 720. The van der Waals surface area contributed by atoms with E-state index >= 15 is 0 Å². The Hall–Kier alpha value is -3.00. The molecular formula is C17H15N3O2. The summed E-state index contributed by atoms with van der Waals surface area (Å²) in [6.45, 7) is 1.89. The van der Waals surface area contributed by atoms with E-state index in [9.17, 15) is 9.59 Å². The first kappa shape index (κ1) is 15.4. The summed E-state index contributed by atoms with van der Waals surface area (Å²) in [6.07, 6.45) is 1.58. The van der Waals surface area contributed by atoms with E-state index < -0.39 is 17.6 Å². The molecule has 0 unspecified atom stereocenters. The van der Waals surface area contributed by atoms with Crippen LogP contribution in [0.25, 0.3) is 0 Å². The summed E-state index contributed by atoms with van der Waals surface area (Å²) in [7, 11) is 0. The molecule has 1 amide bonds. The molecular weight excluding hydrogens is 278 g/mol. The number of Topliss-reactive ketones (excluding diaryl/α,β-unsaturated/α-hetero) is 1. The lowest BCUT2D eigenvalue weighted by atomic mass is 9.96. The van der Waals surface area contributed by atoms with Crippen molar-refractivity contribution < 1.29 is 9.59 Å². The summed E-state index contributed by atoms with van der Waals surface area (Å²) in [5.41, 5.74) is 1.77. The van der Waals surface area contributed by atoms with Gasteiger partial charge in [-0.1, -0.05) is 30.3 Å². The van der Waals surface area contributed by atoms with E-state index in [0.717, 1.165) is 11.1 Å². The zero-order valence-electron chi connectivity index (χ0n) is 12.1. The van der Waals surface area contributed by atoms with Crippen molar-refractivity contribution in [3.8, 4) is 6.07 Å². The Morgan fingerprint density at radius 2 is 1.95 bits per heavy atom. The third-order valence-electron chi connectivity index (χ3n) is 3.26. The molecule has 1 aromatic heterocycles. The smallest absolute Gasteiger partial charge is 0.250 e. The topological polar surface area (TPSA) is 82.8 Å². The van der Waals surface area contributed by atoms with E-state index in [-0.39, 0.29) is 6.42 Å². The van der Waals surface area contributed by atoms with Crippen molar-refractivity contribution in [1.29, 1.82) is 5.26 Å². The van der Waals surface area contributed by atoms with Crippen LogP contribution < -0.4 is 5.32 Å². The number of benzene rings is 1. The van der Waals surface area contributed by atoms with Crippen LogP contribution in [0.2, 0.25) is 0 Å². The molecule has 0 fully saturated rings. The molecule has 2 aromatic rings. The van der Waals surface area contributed by atoms with Crippen LogP contribution in [-0.2, 0) is 16.0 Å². The van der Waals surface area contributed by atoms with Gasteiger partial charge >= 0.3 is 0 Å². The van der Waals surface area contributed by atoms with Gasteiger partial charge < -0.3 is 5.32 Å². The molecule has 0 saturated heterocycles. The molecule has 22 heavy (non-hydrogen) atoms. The third kappa shape index (κ3) is 3.76. The van der Waals surface area contributed by atoms with Crippen molar-refractivity contribution in [3.63, 3.8) is 0 Å². The molecule has 5 heteroatoms. The standard InChI is InChI=1S/C17H15N3O2/c1-12-6-2-3-7-13(12)10-15(21)14(11-18)17(22)20-16-8-4-5-9-19-16/h2-9,14H,10H2,1H3,(H,19,20,22)/t14-/m1/s1. The Morgan fingerprint density at radius 1 is 1.23 bits per heavy atom. The summed E-state index contributed by atoms with van der Waals surface area (Å²) in [5.74, 6) is -2.11. The SMILES string of the molecule is Cc1ccccc1CC(=O)[C@@H](C#N)C(=O)Nc1ccccn1. The molecule has 0 aliphatic rings. The maximum absolute atomic E-state index is 12.2. The molecule has 0 bridgehead atoms. The van der Waals surface area contributed by atoms with E-state index in [0.29, 0.717) is 5.82 Å². The second kappa shape index (κ2) is 7.14. The summed E-state index contributed by atoms with van der Waals surface area (Å²) in [4.78, 5) is 28.2. The van der Waals surface area contributed by atoms with Gasteiger partial charge in [0, 0.05) is 12.6 Å². The Balaban J connectivity index is 2.08. The molecule has 1 heterocycles. The lowest BCUT2D eigenvalue weighted by molar-refractivity contribution is -0.128. The van der Waals surface area contributed by atoms with Crippen LogP contribution in [0.5, 0.6) is 0 Å². The van der Waals surface area contributed by atoms with E-state index in [1.165, 1.54) is 6.20 Å². The van der Waals surface area contributed by atoms with Crippen molar-refractivity contribution in [2.24, 2.45) is 5.92 Å². The maximum atomic E-state index is 12.2. The van der Waals surface area contributed by atoms with Gasteiger partial charge in [-0.05, 0) is 30.2 Å². The number of anilines is 1. The summed E-state index contributed by atoms with van der Waals surface area (Å²) in [6, 6.07) is 14.2. The van der Waals surface area contributed by atoms with Gasteiger partial charge in [-0.2, -0.15) is 5.26 Å². The zero-order valence-corrected chi connectivity index (χ0v) is 12.1. The molecule has 5 nitrogen and oxygen atoms in total. The van der Waals surface area contributed by atoms with Gasteiger partial charge in [0.15, 0.2) is 11.7 Å². The van der Waals surface area contributed by atoms with Gasteiger partial charge in [-0.3, -0.25) is 9.59 Å². The number of aryl methyl sites for hydroxylation is 1. The molecule has 1 N–H and O–H groups in total. The van der Waals surface area contributed by atoms with Crippen molar-refractivity contribution in [3.05, 3.63) is 59.8 Å². The minimum absolute atomic E-state index is 0.0561. The summed E-state index contributed by atoms with van der Waals surface area (Å²) >= 11 is 0. The monoisotopic (exact) mass is 293 g/mol. The Morgan fingerprint density at radius 3 is 2.59 bits per heavy atom. The first-order valence-electron chi connectivity index (χ1n) is 6.80. The lowest BCUT2D eigenvalue weighted by Gasteiger charge is -2.10. The van der Waals surface area contributed by atoms with Crippen molar-refractivity contribution in [2.45, 2.75) is 13.3 Å². The predicted molar refractivity (Wildman–Crippen MR) is 81.9 cm³/mol. The van der Waals surface area contributed by atoms with Gasteiger partial charge in [0.05, 0.1) is 6.07 Å². The zero-order chi connectivity index (χ0) is 15.9. The molecule has 0 aliphatic heterocycles. The van der Waals surface area contributed by atoms with Crippen LogP contribution in [-0.4, -0.2) is 16.7 Å². The normalized spacial score (nSPS) is 11.3. The summed E-state index contributed by atoms with van der Waals surface area (Å²) < 4.78 is 0. The number of pyridine rings is 1. The molecule has 0 spiro atoms. The van der Waals surface area contributed by atoms with Crippen LogP contribution in [0.4, 0.5) is 5.82 Å². The third-order valence-corrected chi connectivity index (χ3v) is 3.26. The second-order valence-electron chi connectivity index (χ2n) is 4.84. The van der Waals surface area contributed by atoms with Crippen molar-refractivity contribution in [1.82, 2.24) is 4.98 Å². The van der Waals surface area contributed by atoms with E-state index in [4.69, 9.17) is 5.26 Å². The highest BCUT2D eigenvalue weighted by Crippen LogP contribution is 2.12. The number of nitrogens with zero attached hydrogens (tertiary/aromatic N) is 2. The number of nitriles is 1. The van der Waals surface area contributed by atoms with Gasteiger partial charge in [0.2, 0.25) is 0 Å². The van der Waals surface area contributed by atoms with Crippen LogP contribution in [0.3, 0.4) is 0 Å². The quantitative estimate of drug-likeness (QED) is 0.857. The number of carbonyl (C=O) groups is 2. The van der Waals surface area contributed by atoms with Crippen LogP contribution in [0.1, 0.15) is 11.1 Å². The van der Waals surface area contributed by atoms with Gasteiger partial charge in [-0.25, -0.2) is 4.98 Å². The largest absolute Gasteiger partial charge is 0.309 e. The van der Waals surface area contributed by atoms with Crippen LogP contribution in [0.15, 0.2) is 48.7 Å². The van der Waals surface area contributed by atoms with Crippen LogP contribution in [0, 0.1) is 24.2 Å². The lowest BCUT2D eigenvalue weighted by Crippen LogP contribution is -2.30. The molecule has 110 valence electrons. The fourth-order valence-electron chi connectivity index (χ4n) is 2.01. The van der Waals surface area contributed by atoms with Crippen molar-refractivity contribution >= 4 is 17.5 Å². The van der Waals surface area contributed by atoms with Crippen LogP contribution >= 0.6 is 0 Å². The molecule has 0 radical (unpaired) electrons. The van der Waals surface area contributed by atoms with E-state index in [1.807, 2.05) is 31.2 Å². The highest BCUT2D eigenvalue weighted by atomic mass is 16.2. The summed E-state index contributed by atoms with van der Waals surface area (Å²) in [5, 5.41) is 11.6. The van der Waals surface area contributed by atoms with E-state index in [2.05, 4.69) is 10.3 Å². The number of hydrogen-bond donors (Lipinski definition) is 1. The van der Waals surface area contributed by atoms with E-state index in [1.54, 1.807) is 24.3 Å². The van der Waals surface area contributed by atoms with Crippen molar-refractivity contribution in [2.75, 3.05) is 5.32 Å². The highest BCUT2D eigenvalue weighted by molar-refractivity contribution is 6.09. The second-order valence-corrected chi connectivity index (χ2v) is 4.84. The highest BCUT2D eigenvalue weighted by Gasteiger charge is 2.26. The average Bonchev–Trinajstić information content (AvgIpc) is 2.51. The number of aromatic nitrogens is 1. The van der Waals surface area contributed by atoms with Gasteiger partial charge in [-0.15, -0.1) is 0 Å². The molecule has 1 aromatic carbocycles. The number of ketones is 1. The van der Waals surface area contributed by atoms with Gasteiger partial charge in [0.25, 0.3) is 5.91 Å². The predicted octanol–water partition coefficient (Wildman–Crippen LogP) is 2.28. The Kier molecular flexibility index (Phi) is 4.99. The minimum atomic E-state index is -1.35. The molecule has 0 aliphatic carbocycles. The first-order chi connectivity index (χ1) is 10.6. The van der Waals surface area contributed by atoms with Gasteiger partial charge in [0.1, 0.15) is 5.82 Å².